The summed E-state index contributed by atoms with van der Waals surface area (Å²) in [6, 6.07) is 14.7. The van der Waals surface area contributed by atoms with E-state index in [0.29, 0.717) is 42.9 Å². The lowest BCUT2D eigenvalue weighted by Crippen LogP contribution is -2.32. The summed E-state index contributed by atoms with van der Waals surface area (Å²) in [5.74, 6) is 1.04. The van der Waals surface area contributed by atoms with Gasteiger partial charge in [-0.25, -0.2) is 0 Å². The van der Waals surface area contributed by atoms with Crippen LogP contribution in [0.15, 0.2) is 48.5 Å². The highest BCUT2D eigenvalue weighted by Gasteiger charge is 2.30. The number of hydrogen-bond donors (Lipinski definition) is 2. The maximum atomic E-state index is 12.7. The smallest absolute Gasteiger partial charge is 0.227 e. The quantitative estimate of drug-likeness (QED) is 0.789. The third kappa shape index (κ3) is 4.82. The molecule has 0 unspecified atom stereocenters. The van der Waals surface area contributed by atoms with Crippen molar-refractivity contribution in [1.29, 1.82) is 0 Å². The van der Waals surface area contributed by atoms with Crippen LogP contribution < -0.4 is 20.1 Å². The van der Waals surface area contributed by atoms with Gasteiger partial charge in [-0.1, -0.05) is 18.2 Å². The Morgan fingerprint density at radius 1 is 0.821 bits per heavy atom. The number of hydrogen-bond acceptors (Lipinski definition) is 4. The number of rotatable bonds is 6. The van der Waals surface area contributed by atoms with Gasteiger partial charge in [0.25, 0.3) is 0 Å². The molecule has 0 aromatic heterocycles. The lowest BCUT2D eigenvalue weighted by molar-refractivity contribution is -0.125. The normalized spacial score (nSPS) is 18.8. The Bertz CT molecular complexity index is 815. The molecule has 2 amide bonds. The second-order valence-corrected chi connectivity index (χ2v) is 6.96. The molecule has 1 aliphatic carbocycles. The van der Waals surface area contributed by atoms with Crippen LogP contribution in [0.25, 0.3) is 0 Å². The van der Waals surface area contributed by atoms with Crippen LogP contribution in [-0.2, 0) is 9.59 Å². The van der Waals surface area contributed by atoms with E-state index in [4.69, 9.17) is 9.47 Å². The van der Waals surface area contributed by atoms with Gasteiger partial charge in [-0.2, -0.15) is 0 Å². The van der Waals surface area contributed by atoms with E-state index in [1.807, 2.05) is 30.3 Å². The van der Waals surface area contributed by atoms with Crippen LogP contribution >= 0.6 is 0 Å². The number of ether oxygens (including phenoxy) is 2. The summed E-state index contributed by atoms with van der Waals surface area (Å²) in [7, 11) is 3.14. The molecular formula is C22H26N2O4. The average molecular weight is 382 g/mol. The van der Waals surface area contributed by atoms with Crippen LogP contribution in [0, 0.1) is 11.8 Å². The standard InChI is InChI=1S/C22H26N2O4/c1-27-18-12-13-20(28-2)19(14-18)24-22(26)16-10-8-15(9-11-16)21(25)23-17-6-4-3-5-7-17/h3-7,12-16H,8-11H2,1-2H3,(H,23,25)(H,24,26). The number of methoxy groups -OCH3 is 2. The zero-order valence-electron chi connectivity index (χ0n) is 16.2. The van der Waals surface area contributed by atoms with Crippen molar-refractivity contribution in [3.8, 4) is 11.5 Å². The van der Waals surface area contributed by atoms with E-state index in [-0.39, 0.29) is 23.7 Å². The number of nitrogens with one attached hydrogen (secondary N) is 2. The van der Waals surface area contributed by atoms with Gasteiger partial charge in [-0.05, 0) is 49.9 Å². The molecule has 28 heavy (non-hydrogen) atoms. The van der Waals surface area contributed by atoms with Gasteiger partial charge in [-0.3, -0.25) is 9.59 Å². The van der Waals surface area contributed by atoms with Gasteiger partial charge >= 0.3 is 0 Å². The van der Waals surface area contributed by atoms with Crippen molar-refractivity contribution >= 4 is 23.2 Å². The number of benzene rings is 2. The molecule has 2 aromatic carbocycles. The number of carbonyl (C=O) groups excluding carboxylic acids is 2. The minimum Gasteiger partial charge on any atom is -0.497 e. The summed E-state index contributed by atoms with van der Waals surface area (Å²) >= 11 is 0. The Labute approximate surface area is 165 Å². The Morgan fingerprint density at radius 3 is 2.00 bits per heavy atom. The number of carbonyl (C=O) groups is 2. The van der Waals surface area contributed by atoms with E-state index < -0.39 is 0 Å². The molecule has 0 radical (unpaired) electrons. The summed E-state index contributed by atoms with van der Waals surface area (Å²) in [6.07, 6.45) is 2.77. The molecule has 1 fully saturated rings. The molecule has 0 saturated heterocycles. The van der Waals surface area contributed by atoms with Crippen molar-refractivity contribution in [2.75, 3.05) is 24.9 Å². The number of amides is 2. The molecule has 0 spiro atoms. The molecule has 3 rings (SSSR count). The lowest BCUT2D eigenvalue weighted by Gasteiger charge is -2.27. The van der Waals surface area contributed by atoms with Gasteiger partial charge in [0.05, 0.1) is 19.9 Å². The van der Waals surface area contributed by atoms with Crippen LogP contribution in [-0.4, -0.2) is 26.0 Å². The molecular weight excluding hydrogens is 356 g/mol. The van der Waals surface area contributed by atoms with Gasteiger partial charge in [0.15, 0.2) is 0 Å². The van der Waals surface area contributed by atoms with Gasteiger partial charge in [-0.15, -0.1) is 0 Å². The number of para-hydroxylation sites is 1. The molecule has 2 aromatic rings. The van der Waals surface area contributed by atoms with Crippen molar-refractivity contribution in [2.45, 2.75) is 25.7 Å². The van der Waals surface area contributed by atoms with Crippen LogP contribution in [0.2, 0.25) is 0 Å². The first kappa shape index (κ1) is 19.7. The van der Waals surface area contributed by atoms with Crippen LogP contribution in [0.1, 0.15) is 25.7 Å². The summed E-state index contributed by atoms with van der Waals surface area (Å²) < 4.78 is 10.5. The molecule has 2 N–H and O–H groups in total. The predicted octanol–water partition coefficient (Wildman–Crippen LogP) is 4.09. The van der Waals surface area contributed by atoms with Crippen molar-refractivity contribution in [3.63, 3.8) is 0 Å². The Hall–Kier alpha value is -3.02. The highest BCUT2D eigenvalue weighted by atomic mass is 16.5. The van der Waals surface area contributed by atoms with E-state index >= 15 is 0 Å². The highest BCUT2D eigenvalue weighted by molar-refractivity contribution is 5.95. The lowest BCUT2D eigenvalue weighted by atomic mass is 9.81. The number of anilines is 2. The minimum atomic E-state index is -0.114. The van der Waals surface area contributed by atoms with Crippen molar-refractivity contribution < 1.29 is 19.1 Å². The van der Waals surface area contributed by atoms with Crippen LogP contribution in [0.3, 0.4) is 0 Å². The molecule has 6 nitrogen and oxygen atoms in total. The van der Waals surface area contributed by atoms with E-state index in [9.17, 15) is 9.59 Å². The summed E-state index contributed by atoms with van der Waals surface area (Å²) in [5, 5.41) is 5.90. The molecule has 1 saturated carbocycles. The van der Waals surface area contributed by atoms with Crippen molar-refractivity contribution in [1.82, 2.24) is 0 Å². The predicted molar refractivity (Wildman–Crippen MR) is 109 cm³/mol. The summed E-state index contributed by atoms with van der Waals surface area (Å²) in [6.45, 7) is 0. The molecule has 0 aliphatic heterocycles. The molecule has 6 heteroatoms. The second-order valence-electron chi connectivity index (χ2n) is 6.96. The maximum Gasteiger partial charge on any atom is 0.227 e. The van der Waals surface area contributed by atoms with Gasteiger partial charge in [0.2, 0.25) is 11.8 Å². The van der Waals surface area contributed by atoms with Crippen molar-refractivity contribution in [2.24, 2.45) is 11.8 Å². The monoisotopic (exact) mass is 382 g/mol. The van der Waals surface area contributed by atoms with E-state index in [0.717, 1.165) is 5.69 Å². The van der Waals surface area contributed by atoms with Gasteiger partial charge < -0.3 is 20.1 Å². The molecule has 0 bridgehead atoms. The first-order valence-corrected chi connectivity index (χ1v) is 9.49. The fraction of sp³-hybridized carbons (Fsp3) is 0.364. The van der Waals surface area contributed by atoms with Crippen LogP contribution in [0.4, 0.5) is 11.4 Å². The minimum absolute atomic E-state index is 0.0273. The summed E-state index contributed by atoms with van der Waals surface area (Å²) in [4.78, 5) is 25.1. The zero-order valence-corrected chi connectivity index (χ0v) is 16.2. The van der Waals surface area contributed by atoms with E-state index in [1.165, 1.54) is 0 Å². The zero-order chi connectivity index (χ0) is 19.9. The largest absolute Gasteiger partial charge is 0.497 e. The fourth-order valence-electron chi connectivity index (χ4n) is 3.53. The third-order valence-corrected chi connectivity index (χ3v) is 5.17. The first-order chi connectivity index (χ1) is 13.6. The summed E-state index contributed by atoms with van der Waals surface area (Å²) in [5.41, 5.74) is 1.40. The second kappa shape index (κ2) is 9.26. The SMILES string of the molecule is COc1ccc(OC)c(NC(=O)C2CCC(C(=O)Nc3ccccc3)CC2)c1. The van der Waals surface area contributed by atoms with Crippen molar-refractivity contribution in [3.05, 3.63) is 48.5 Å². The average Bonchev–Trinajstić information content (AvgIpc) is 2.74. The maximum absolute atomic E-state index is 12.7. The molecule has 0 atom stereocenters. The van der Waals surface area contributed by atoms with E-state index in [2.05, 4.69) is 10.6 Å². The van der Waals surface area contributed by atoms with Gasteiger partial charge in [0.1, 0.15) is 11.5 Å². The highest BCUT2D eigenvalue weighted by Crippen LogP contribution is 2.33. The molecule has 1 aliphatic rings. The Morgan fingerprint density at radius 2 is 1.43 bits per heavy atom. The fourth-order valence-corrected chi connectivity index (χ4v) is 3.53. The van der Waals surface area contributed by atoms with Gasteiger partial charge in [0, 0.05) is 23.6 Å². The topological polar surface area (TPSA) is 76.7 Å². The first-order valence-electron chi connectivity index (χ1n) is 9.49. The molecule has 0 heterocycles. The van der Waals surface area contributed by atoms with E-state index in [1.54, 1.807) is 32.4 Å². The van der Waals surface area contributed by atoms with Crippen LogP contribution in [0.5, 0.6) is 11.5 Å². The Balaban J connectivity index is 1.55. The molecule has 148 valence electrons. The third-order valence-electron chi connectivity index (χ3n) is 5.17. The Kier molecular flexibility index (Phi) is 6.53.